The zero-order chi connectivity index (χ0) is 27.2. The van der Waals surface area contributed by atoms with Crippen molar-refractivity contribution in [2.45, 2.75) is 13.3 Å². The average molecular weight is 600 g/mol. The number of ether oxygens (including phenoxy) is 3. The highest BCUT2D eigenvalue weighted by atomic mass is 79.9. The molecule has 196 valence electrons. The van der Waals surface area contributed by atoms with Gasteiger partial charge in [-0.1, -0.05) is 34.5 Å². The van der Waals surface area contributed by atoms with Crippen LogP contribution in [0.25, 0.3) is 10.9 Å². The first kappa shape index (κ1) is 27.2. The van der Waals surface area contributed by atoms with Gasteiger partial charge in [0.25, 0.3) is 11.5 Å². The van der Waals surface area contributed by atoms with E-state index in [2.05, 4.69) is 31.3 Å². The molecule has 0 spiro atoms. The minimum atomic E-state index is -0.371. The number of nitrogens with zero attached hydrogens (tertiary/aromatic N) is 3. The molecule has 0 radical (unpaired) electrons. The lowest BCUT2D eigenvalue weighted by Gasteiger charge is -2.15. The maximum absolute atomic E-state index is 13.2. The van der Waals surface area contributed by atoms with Crippen molar-refractivity contribution < 1.29 is 19.0 Å². The fraction of sp³-hybridized carbons (Fsp3) is 0.185. The first-order valence-corrected chi connectivity index (χ1v) is 12.7. The molecule has 0 saturated carbocycles. The van der Waals surface area contributed by atoms with Crippen molar-refractivity contribution in [3.63, 3.8) is 0 Å². The topological polar surface area (TPSA) is 104 Å². The summed E-state index contributed by atoms with van der Waals surface area (Å²) in [6, 6.07) is 15.4. The number of carbonyl (C=O) groups excluding carboxylic acids is 1. The van der Waals surface area contributed by atoms with Crippen molar-refractivity contribution >= 4 is 56.2 Å². The van der Waals surface area contributed by atoms with Crippen LogP contribution in [0.2, 0.25) is 5.02 Å². The number of halogens is 2. The summed E-state index contributed by atoms with van der Waals surface area (Å²) >= 11 is 9.28. The molecule has 0 bridgehead atoms. The molecule has 0 aliphatic rings. The molecule has 9 nitrogen and oxygen atoms in total. The zero-order valence-corrected chi connectivity index (χ0v) is 23.2. The number of hydrogen-bond donors (Lipinski definition) is 1. The molecule has 38 heavy (non-hydrogen) atoms. The molecule has 0 unspecified atom stereocenters. The van der Waals surface area contributed by atoms with Crippen LogP contribution in [0.4, 0.5) is 5.69 Å². The van der Waals surface area contributed by atoms with Crippen LogP contribution < -0.4 is 25.1 Å². The molecule has 0 saturated heterocycles. The predicted molar refractivity (Wildman–Crippen MR) is 151 cm³/mol. The summed E-state index contributed by atoms with van der Waals surface area (Å²) in [5, 5.41) is 8.16. The maximum atomic E-state index is 13.2. The van der Waals surface area contributed by atoms with E-state index in [1.54, 1.807) is 48.5 Å². The Morgan fingerprint density at radius 2 is 1.79 bits per heavy atom. The minimum Gasteiger partial charge on any atom is -0.493 e. The van der Waals surface area contributed by atoms with Gasteiger partial charge in [0.15, 0.2) is 18.1 Å². The molecule has 0 aliphatic heterocycles. The van der Waals surface area contributed by atoms with Crippen LogP contribution in [-0.2, 0) is 11.2 Å². The van der Waals surface area contributed by atoms with Gasteiger partial charge in [-0.3, -0.25) is 9.59 Å². The normalized spacial score (nSPS) is 11.1. The first-order valence-electron chi connectivity index (χ1n) is 11.5. The average Bonchev–Trinajstić information content (AvgIpc) is 2.92. The smallest absolute Gasteiger partial charge is 0.282 e. The van der Waals surface area contributed by atoms with E-state index >= 15 is 0 Å². The second-order valence-corrected chi connectivity index (χ2v) is 9.35. The molecular formula is C27H24BrClN4O5. The van der Waals surface area contributed by atoms with Crippen LogP contribution in [0.1, 0.15) is 18.3 Å². The second kappa shape index (κ2) is 12.1. The van der Waals surface area contributed by atoms with E-state index in [4.69, 9.17) is 25.8 Å². The molecule has 1 aromatic heterocycles. The van der Waals surface area contributed by atoms with Crippen LogP contribution >= 0.6 is 27.5 Å². The van der Waals surface area contributed by atoms with E-state index in [1.807, 2.05) is 13.0 Å². The molecule has 3 aromatic carbocycles. The van der Waals surface area contributed by atoms with E-state index in [0.29, 0.717) is 50.9 Å². The van der Waals surface area contributed by atoms with E-state index in [9.17, 15) is 9.59 Å². The highest BCUT2D eigenvalue weighted by Crippen LogP contribution is 2.38. The van der Waals surface area contributed by atoms with Gasteiger partial charge in [0, 0.05) is 27.2 Å². The van der Waals surface area contributed by atoms with Crippen LogP contribution in [0, 0.1) is 0 Å². The van der Waals surface area contributed by atoms with Crippen LogP contribution in [0.15, 0.2) is 69.0 Å². The predicted octanol–water partition coefficient (Wildman–Crippen LogP) is 5.29. The quantitative estimate of drug-likeness (QED) is 0.262. The van der Waals surface area contributed by atoms with Crippen molar-refractivity contribution in [3.8, 4) is 17.2 Å². The summed E-state index contributed by atoms with van der Waals surface area (Å²) in [5.41, 5.74) is 1.49. The van der Waals surface area contributed by atoms with Gasteiger partial charge in [-0.05, 0) is 54.6 Å². The Bertz CT molecular complexity index is 1550. The zero-order valence-electron chi connectivity index (χ0n) is 20.8. The van der Waals surface area contributed by atoms with Crippen molar-refractivity contribution in [2.75, 3.05) is 26.1 Å². The largest absolute Gasteiger partial charge is 0.493 e. The Morgan fingerprint density at radius 3 is 2.42 bits per heavy atom. The lowest BCUT2D eigenvalue weighted by Crippen LogP contribution is -2.22. The van der Waals surface area contributed by atoms with Crippen molar-refractivity contribution in [2.24, 2.45) is 5.10 Å². The number of fused-ring (bicyclic) bond motifs is 1. The number of aromatic nitrogens is 2. The maximum Gasteiger partial charge on any atom is 0.282 e. The fourth-order valence-corrected chi connectivity index (χ4v) is 4.14. The first-order chi connectivity index (χ1) is 18.3. The van der Waals surface area contributed by atoms with Gasteiger partial charge in [0.2, 0.25) is 5.75 Å². The van der Waals surface area contributed by atoms with Crippen molar-refractivity contribution in [3.05, 3.63) is 85.8 Å². The number of anilines is 1. The Hall–Kier alpha value is -3.89. The Morgan fingerprint density at radius 1 is 1.11 bits per heavy atom. The van der Waals surface area contributed by atoms with Crippen molar-refractivity contribution in [1.82, 2.24) is 9.66 Å². The van der Waals surface area contributed by atoms with Gasteiger partial charge in [-0.2, -0.15) is 9.78 Å². The highest BCUT2D eigenvalue weighted by Gasteiger charge is 2.16. The molecule has 4 rings (SSSR count). The molecular weight excluding hydrogens is 576 g/mol. The monoisotopic (exact) mass is 598 g/mol. The number of rotatable bonds is 9. The van der Waals surface area contributed by atoms with Gasteiger partial charge >= 0.3 is 0 Å². The molecule has 0 atom stereocenters. The summed E-state index contributed by atoms with van der Waals surface area (Å²) in [6.45, 7) is 1.62. The second-order valence-electron chi connectivity index (χ2n) is 8.00. The minimum absolute atomic E-state index is 0.252. The molecule has 1 heterocycles. The van der Waals surface area contributed by atoms with Crippen molar-refractivity contribution in [1.29, 1.82) is 0 Å². The fourth-order valence-electron chi connectivity index (χ4n) is 3.65. The third kappa shape index (κ3) is 6.15. The van der Waals surface area contributed by atoms with E-state index in [-0.39, 0.29) is 23.8 Å². The van der Waals surface area contributed by atoms with Gasteiger partial charge < -0.3 is 19.5 Å². The van der Waals surface area contributed by atoms with E-state index in [1.165, 1.54) is 25.1 Å². The third-order valence-corrected chi connectivity index (χ3v) is 6.22. The number of amides is 1. The lowest BCUT2D eigenvalue weighted by atomic mass is 10.2. The molecule has 0 fully saturated rings. The number of hydrogen-bond acceptors (Lipinski definition) is 7. The Labute approximate surface area is 232 Å². The number of aryl methyl sites for hydroxylation is 1. The van der Waals surface area contributed by atoms with Crippen LogP contribution in [0.3, 0.4) is 0 Å². The standard InChI is InChI=1S/C27H24BrClN4O5/c1-4-24-32-21-10-5-17(28)13-20(21)27(35)33(24)30-14-16-11-22(36-2)26(23(12-16)37-3)38-15-25(34)31-19-8-6-18(29)7-9-19/h5-14H,4,15H2,1-3H3,(H,31,34). The molecule has 1 amide bonds. The van der Waals surface area contributed by atoms with Gasteiger partial charge in [0.1, 0.15) is 5.82 Å². The van der Waals surface area contributed by atoms with Crippen LogP contribution in [0.5, 0.6) is 17.2 Å². The summed E-state index contributed by atoms with van der Waals surface area (Å²) in [7, 11) is 2.95. The molecule has 0 aliphatic carbocycles. The third-order valence-electron chi connectivity index (χ3n) is 5.47. The van der Waals surface area contributed by atoms with Crippen LogP contribution in [-0.4, -0.2) is 42.6 Å². The van der Waals surface area contributed by atoms with E-state index in [0.717, 1.165) is 4.47 Å². The van der Waals surface area contributed by atoms with E-state index < -0.39 is 0 Å². The number of methoxy groups -OCH3 is 2. The summed E-state index contributed by atoms with van der Waals surface area (Å²) in [4.78, 5) is 30.1. The molecule has 11 heteroatoms. The number of nitrogens with one attached hydrogen (secondary N) is 1. The highest BCUT2D eigenvalue weighted by molar-refractivity contribution is 9.10. The SMILES string of the molecule is CCc1nc2ccc(Br)cc2c(=O)n1N=Cc1cc(OC)c(OCC(=O)Nc2ccc(Cl)cc2)c(OC)c1. The summed E-state index contributed by atoms with van der Waals surface area (Å²) < 4.78 is 18.8. The molecule has 4 aromatic rings. The van der Waals surface area contributed by atoms with Gasteiger partial charge in [0.05, 0.1) is 31.3 Å². The van der Waals surface area contributed by atoms with Gasteiger partial charge in [-0.25, -0.2) is 4.98 Å². The van der Waals surface area contributed by atoms with Gasteiger partial charge in [-0.15, -0.1) is 0 Å². The summed E-state index contributed by atoms with van der Waals surface area (Å²) in [5.74, 6) is 1.06. The lowest BCUT2D eigenvalue weighted by molar-refractivity contribution is -0.118. The molecule has 1 N–H and O–H groups in total. The summed E-state index contributed by atoms with van der Waals surface area (Å²) in [6.07, 6.45) is 2.02. The Kier molecular flexibility index (Phi) is 8.65. The number of carbonyl (C=O) groups is 1. The Balaban J connectivity index is 1.59. The number of benzene rings is 3.